The molecule has 92 heavy (non-hydrogen) atoms. The van der Waals surface area contributed by atoms with Crippen LogP contribution in [0.3, 0.4) is 0 Å². The average molecular weight is 1180 g/mol. The Kier molecular flexibility index (Phi) is 12.0. The molecule has 12 aromatic rings. The van der Waals surface area contributed by atoms with Crippen LogP contribution in [0.5, 0.6) is 0 Å². The lowest BCUT2D eigenvalue weighted by atomic mass is 9.30. The molecule has 7 heteroatoms. The summed E-state index contributed by atoms with van der Waals surface area (Å²) in [7, 11) is 0. The van der Waals surface area contributed by atoms with E-state index in [1.165, 1.54) is 161 Å². The normalized spacial score (nSPS) is 18.4. The number of hydrogen-bond acceptors (Lipinski definition) is 5. The Bertz CT molecular complexity index is 4810. The van der Waals surface area contributed by atoms with Crippen LogP contribution in [0, 0.1) is 11.8 Å². The largest absolute Gasteiger partial charge is 0.365 e. The van der Waals surface area contributed by atoms with Crippen molar-refractivity contribution in [2.75, 3.05) is 24.5 Å². The second-order valence-corrected chi connectivity index (χ2v) is 28.0. The highest BCUT2D eigenvalue weighted by Crippen LogP contribution is 2.56. The van der Waals surface area contributed by atoms with Crippen LogP contribution in [0.1, 0.15) is 58.4 Å². The molecule has 2 saturated heterocycles. The summed E-state index contributed by atoms with van der Waals surface area (Å²) in [5, 5.41) is 0. The molecular formula is C85H69B2N5. The van der Waals surface area contributed by atoms with Crippen LogP contribution in [0.2, 0.25) is 0 Å². The molecule has 0 N–H and O–H groups in total. The van der Waals surface area contributed by atoms with E-state index < -0.39 is 0 Å². The number of nitrogens with zero attached hydrogens (tertiary/aromatic N) is 5. The molecule has 0 radical (unpaired) electrons. The lowest BCUT2D eigenvalue weighted by molar-refractivity contribution is 0.0900. The van der Waals surface area contributed by atoms with Gasteiger partial charge in [-0.3, -0.25) is 0 Å². The summed E-state index contributed by atoms with van der Waals surface area (Å²) in [4.78, 5) is 13.5. The Morgan fingerprint density at radius 3 is 1.11 bits per heavy atom. The van der Waals surface area contributed by atoms with Gasteiger partial charge < -0.3 is 24.5 Å². The predicted octanol–water partition coefficient (Wildman–Crippen LogP) is 17.9. The van der Waals surface area contributed by atoms with E-state index in [1.807, 2.05) is 0 Å². The summed E-state index contributed by atoms with van der Waals surface area (Å²) in [5.41, 5.74) is 32.0. The van der Waals surface area contributed by atoms with E-state index in [4.69, 9.17) is 0 Å². The van der Waals surface area contributed by atoms with Gasteiger partial charge in [0.05, 0.1) is 5.69 Å². The van der Waals surface area contributed by atoms with E-state index >= 15 is 0 Å². The molecule has 0 spiro atoms. The van der Waals surface area contributed by atoms with E-state index in [-0.39, 0.29) is 18.8 Å². The molecule has 440 valence electrons. The number of benzene rings is 12. The number of fused-ring (bicyclic) bond motifs is 8. The molecular weight excluding hydrogens is 1110 g/mol. The summed E-state index contributed by atoms with van der Waals surface area (Å²) in [6.07, 6.45) is 6.48. The van der Waals surface area contributed by atoms with Crippen molar-refractivity contribution < 1.29 is 0 Å². The summed E-state index contributed by atoms with van der Waals surface area (Å²) in [6.45, 7) is 6.90. The van der Waals surface area contributed by atoms with Gasteiger partial charge in [0.25, 0.3) is 13.4 Å². The second kappa shape index (κ2) is 20.6. The van der Waals surface area contributed by atoms with Crippen LogP contribution >= 0.6 is 0 Å². The lowest BCUT2D eigenvalue weighted by Gasteiger charge is -2.58. The van der Waals surface area contributed by atoms with Crippen molar-refractivity contribution in [2.24, 2.45) is 11.8 Å². The van der Waals surface area contributed by atoms with Crippen LogP contribution in [0.25, 0.3) is 33.4 Å². The summed E-state index contributed by atoms with van der Waals surface area (Å²) >= 11 is 0. The maximum atomic E-state index is 2.94. The first-order chi connectivity index (χ1) is 45.3. The molecule has 8 aliphatic rings. The Balaban J connectivity index is 0.936. The third-order valence-electron chi connectivity index (χ3n) is 21.7. The van der Waals surface area contributed by atoms with E-state index in [0.717, 1.165) is 28.9 Å². The fraction of sp³-hybridized carbons (Fsp3) is 0.153. The first kappa shape index (κ1) is 53.6. The smallest absolute Gasteiger partial charge is 0.252 e. The van der Waals surface area contributed by atoms with E-state index in [9.17, 15) is 0 Å². The van der Waals surface area contributed by atoms with Gasteiger partial charge in [-0.15, -0.1) is 0 Å². The molecule has 2 saturated carbocycles. The number of anilines is 13. The first-order valence-electron chi connectivity index (χ1n) is 33.5. The molecule has 0 aromatic heterocycles. The van der Waals surface area contributed by atoms with Crippen molar-refractivity contribution in [1.82, 2.24) is 0 Å². The quantitative estimate of drug-likeness (QED) is 0.141. The average Bonchev–Trinajstić information content (AvgIpc) is 0.686. The van der Waals surface area contributed by atoms with Gasteiger partial charge in [-0.05, 0) is 201 Å². The summed E-state index contributed by atoms with van der Waals surface area (Å²) < 4.78 is 0. The van der Waals surface area contributed by atoms with Crippen LogP contribution in [-0.4, -0.2) is 25.5 Å². The fourth-order valence-corrected chi connectivity index (χ4v) is 18.1. The molecule has 0 unspecified atom stereocenters. The number of piperidine rings is 2. The standard InChI is InChI=1S/C85H69B2N5/c1-85(2,3)61-49-78-82-79(50-61)90(63-34-18-8-19-35-63)76-54-77-73(53-72(76)86(82)70-38-22-24-40-74(70)89(78)62-32-16-7-17-33-62)87-71-39-23-25-41-75(71)92(84-68(58-28-12-5-13-29-58)47-60(57-26-10-4-11-27-57)48-69(84)59-30-14-6-15-31-59)81-52-67(88-65-43-55-42-56(45-65)46-66(88)44-55)51-80(83(81)87)91(77)64-36-20-9-21-37-64/h4-41,47-56,65-66H,42-46H2,1-3H3. The van der Waals surface area contributed by atoms with Crippen molar-refractivity contribution in [1.29, 1.82) is 0 Å². The molecule has 2 aliphatic carbocycles. The van der Waals surface area contributed by atoms with Gasteiger partial charge in [0.15, 0.2) is 0 Å². The van der Waals surface area contributed by atoms with Gasteiger partial charge in [-0.2, -0.15) is 0 Å². The zero-order chi connectivity index (χ0) is 60.9. The molecule has 6 aliphatic heterocycles. The molecule has 0 atom stereocenters. The van der Waals surface area contributed by atoms with Gasteiger partial charge in [0, 0.05) is 91.5 Å². The highest BCUT2D eigenvalue weighted by atomic mass is 15.2. The predicted molar refractivity (Wildman–Crippen MR) is 390 cm³/mol. The van der Waals surface area contributed by atoms with E-state index in [0.29, 0.717) is 12.1 Å². The Labute approximate surface area is 541 Å². The minimum atomic E-state index is -0.148. The first-order valence-corrected chi connectivity index (χ1v) is 33.5. The zero-order valence-electron chi connectivity index (χ0n) is 52.3. The molecule has 5 nitrogen and oxygen atoms in total. The summed E-state index contributed by atoms with van der Waals surface area (Å²) in [5.74, 6) is 1.62. The monoisotopic (exact) mass is 1180 g/mol. The van der Waals surface area contributed by atoms with Gasteiger partial charge in [-0.25, -0.2) is 0 Å². The van der Waals surface area contributed by atoms with Crippen molar-refractivity contribution >= 4 is 120 Å². The minimum Gasteiger partial charge on any atom is -0.365 e. The second-order valence-electron chi connectivity index (χ2n) is 28.0. The third-order valence-corrected chi connectivity index (χ3v) is 21.7. The van der Waals surface area contributed by atoms with Gasteiger partial charge in [-0.1, -0.05) is 209 Å². The van der Waals surface area contributed by atoms with Gasteiger partial charge in [0.2, 0.25) is 0 Å². The van der Waals surface area contributed by atoms with E-state index in [2.05, 4.69) is 324 Å². The van der Waals surface area contributed by atoms with Crippen LogP contribution in [-0.2, 0) is 5.41 Å². The molecule has 4 fully saturated rings. The Morgan fingerprint density at radius 1 is 0.293 bits per heavy atom. The SMILES string of the molecule is CC(C)(C)c1cc2c3c(c1)N(c1ccccc1)c1cc4c(cc1B3c1ccccc1N2c1ccccc1)B1c2ccccc2N(c2c(-c3ccccc3)cc(-c3ccccc3)cc2-c2ccccc2)c2cc(N3C5CC6CC(C5)CC3C6)cc(c21)N4c1ccccc1. The van der Waals surface area contributed by atoms with E-state index in [1.54, 1.807) is 0 Å². The zero-order valence-corrected chi connectivity index (χ0v) is 52.3. The number of hydrogen-bond donors (Lipinski definition) is 0. The molecule has 6 heterocycles. The fourth-order valence-electron chi connectivity index (χ4n) is 18.1. The van der Waals surface area contributed by atoms with Crippen LogP contribution in [0.15, 0.2) is 279 Å². The van der Waals surface area contributed by atoms with Crippen molar-refractivity contribution in [3.8, 4) is 33.4 Å². The van der Waals surface area contributed by atoms with Gasteiger partial charge >= 0.3 is 0 Å². The maximum Gasteiger partial charge on any atom is 0.252 e. The maximum absolute atomic E-state index is 2.94. The number of rotatable bonds is 8. The molecule has 4 bridgehead atoms. The van der Waals surface area contributed by atoms with Crippen LogP contribution < -0.4 is 57.3 Å². The number of para-hydroxylation sites is 5. The molecule has 12 aromatic carbocycles. The topological polar surface area (TPSA) is 16.2 Å². The Morgan fingerprint density at radius 2 is 0.663 bits per heavy atom. The van der Waals surface area contributed by atoms with Gasteiger partial charge in [0.1, 0.15) is 0 Å². The minimum absolute atomic E-state index is 0.0797. The lowest BCUT2D eigenvalue weighted by Crippen LogP contribution is -2.65. The van der Waals surface area contributed by atoms with Crippen molar-refractivity contribution in [3.05, 3.63) is 285 Å². The van der Waals surface area contributed by atoms with Crippen LogP contribution in [0.4, 0.5) is 73.9 Å². The van der Waals surface area contributed by atoms with Crippen molar-refractivity contribution in [2.45, 2.75) is 70.4 Å². The third kappa shape index (κ3) is 8.19. The molecule has 0 amide bonds. The van der Waals surface area contributed by atoms with Crippen molar-refractivity contribution in [3.63, 3.8) is 0 Å². The highest BCUT2D eigenvalue weighted by Gasteiger charge is 2.51. The molecule has 20 rings (SSSR count). The summed E-state index contributed by atoms with van der Waals surface area (Å²) in [6, 6.07) is 108. The Hall–Kier alpha value is -10.2. The highest BCUT2D eigenvalue weighted by molar-refractivity contribution is 7.03.